The van der Waals surface area contributed by atoms with Gasteiger partial charge in [-0.2, -0.15) is 0 Å². The average molecular weight is 352 g/mol. The fraction of sp³-hybridized carbons (Fsp3) is 0.333. The van der Waals surface area contributed by atoms with Crippen LogP contribution in [0.1, 0.15) is 37.4 Å². The van der Waals surface area contributed by atoms with Crippen LogP contribution >= 0.6 is 0 Å². The number of rotatable bonds is 3. The second-order valence-electron chi connectivity index (χ2n) is 6.89. The van der Waals surface area contributed by atoms with Gasteiger partial charge in [-0.15, -0.1) is 0 Å². The molecule has 1 amide bonds. The number of hydrogen-bond acceptors (Lipinski definition) is 3. The Morgan fingerprint density at radius 3 is 2.12 bits per heavy atom. The lowest BCUT2D eigenvalue weighted by molar-refractivity contribution is 0.0697. The van der Waals surface area contributed by atoms with E-state index in [-0.39, 0.29) is 11.5 Å². The summed E-state index contributed by atoms with van der Waals surface area (Å²) >= 11 is 0. The molecule has 0 aliphatic carbocycles. The molecule has 0 saturated carbocycles. The molecule has 1 heterocycles. The van der Waals surface area contributed by atoms with Crippen molar-refractivity contribution in [3.63, 3.8) is 0 Å². The third-order valence-electron chi connectivity index (χ3n) is 5.08. The number of carboxylic acid groups (broad SMARTS) is 1. The molecule has 0 atom stereocenters. The van der Waals surface area contributed by atoms with Gasteiger partial charge in [0, 0.05) is 37.4 Å². The third kappa shape index (κ3) is 3.57. The second kappa shape index (κ2) is 7.20. The number of aromatic carboxylic acids is 1. The fourth-order valence-electron chi connectivity index (χ4n) is 3.40. The minimum absolute atomic E-state index is 0.107. The Hall–Kier alpha value is -2.82. The zero-order chi connectivity index (χ0) is 18.8. The second-order valence-corrected chi connectivity index (χ2v) is 6.89. The van der Waals surface area contributed by atoms with E-state index in [4.69, 9.17) is 5.11 Å². The van der Waals surface area contributed by atoms with E-state index in [0.717, 1.165) is 13.1 Å². The first kappa shape index (κ1) is 18.0. The smallest absolute Gasteiger partial charge is 0.335 e. The van der Waals surface area contributed by atoms with Crippen LogP contribution in [0.3, 0.4) is 0 Å². The van der Waals surface area contributed by atoms with Crippen molar-refractivity contribution in [2.24, 2.45) is 0 Å². The average Bonchev–Trinajstić information content (AvgIpc) is 2.64. The number of piperazine rings is 1. The summed E-state index contributed by atoms with van der Waals surface area (Å²) < 4.78 is 0. The van der Waals surface area contributed by atoms with Crippen molar-refractivity contribution in [1.82, 2.24) is 4.90 Å². The van der Waals surface area contributed by atoms with Crippen molar-refractivity contribution < 1.29 is 14.7 Å². The van der Waals surface area contributed by atoms with Gasteiger partial charge in [0.25, 0.3) is 5.91 Å². The summed E-state index contributed by atoms with van der Waals surface area (Å²) in [5.41, 5.74) is 5.61. The van der Waals surface area contributed by atoms with E-state index in [2.05, 4.69) is 37.8 Å². The van der Waals surface area contributed by atoms with Crippen LogP contribution in [0.4, 0.5) is 5.69 Å². The molecule has 1 fully saturated rings. The van der Waals surface area contributed by atoms with Crippen molar-refractivity contribution in [1.29, 1.82) is 0 Å². The van der Waals surface area contributed by atoms with Crippen LogP contribution in [0.15, 0.2) is 36.4 Å². The Morgan fingerprint density at radius 2 is 1.46 bits per heavy atom. The summed E-state index contributed by atoms with van der Waals surface area (Å²) in [6.45, 7) is 9.16. The number of anilines is 1. The highest BCUT2D eigenvalue weighted by Crippen LogP contribution is 2.25. The standard InChI is InChI=1S/C21H24N2O3/c1-14-11-16(3)19(12-15(14)2)22-7-9-23(10-8-22)20(24)17-5-4-6-18(13-17)21(25)26/h4-6,11-13H,7-10H2,1-3H3,(H,25,26). The minimum atomic E-state index is -1.02. The van der Waals surface area contributed by atoms with E-state index in [1.165, 1.54) is 34.5 Å². The van der Waals surface area contributed by atoms with Crippen LogP contribution < -0.4 is 4.90 Å². The fourth-order valence-corrected chi connectivity index (χ4v) is 3.40. The summed E-state index contributed by atoms with van der Waals surface area (Å²) in [5, 5.41) is 9.10. The molecule has 0 bridgehead atoms. The number of aryl methyl sites for hydroxylation is 3. The van der Waals surface area contributed by atoms with Gasteiger partial charge in [0.05, 0.1) is 5.56 Å². The first-order valence-electron chi connectivity index (χ1n) is 8.82. The van der Waals surface area contributed by atoms with Gasteiger partial charge in [-0.05, 0) is 61.7 Å². The van der Waals surface area contributed by atoms with Crippen LogP contribution in [0.5, 0.6) is 0 Å². The maximum atomic E-state index is 12.7. The van der Waals surface area contributed by atoms with Crippen molar-refractivity contribution in [2.45, 2.75) is 20.8 Å². The summed E-state index contributed by atoms with van der Waals surface area (Å²) in [5.74, 6) is -1.13. The van der Waals surface area contributed by atoms with Crippen LogP contribution in [0.25, 0.3) is 0 Å². The first-order valence-corrected chi connectivity index (χ1v) is 8.82. The first-order chi connectivity index (χ1) is 12.4. The van der Waals surface area contributed by atoms with E-state index in [0.29, 0.717) is 18.7 Å². The Labute approximate surface area is 153 Å². The molecule has 1 saturated heterocycles. The zero-order valence-electron chi connectivity index (χ0n) is 15.5. The van der Waals surface area contributed by atoms with Gasteiger partial charge in [0.2, 0.25) is 0 Å². The molecule has 2 aromatic carbocycles. The molecule has 3 rings (SSSR count). The van der Waals surface area contributed by atoms with Gasteiger partial charge >= 0.3 is 5.97 Å². The van der Waals surface area contributed by atoms with Crippen molar-refractivity contribution in [3.05, 3.63) is 64.2 Å². The van der Waals surface area contributed by atoms with Crippen molar-refractivity contribution in [2.75, 3.05) is 31.1 Å². The molecule has 26 heavy (non-hydrogen) atoms. The number of carbonyl (C=O) groups is 2. The van der Waals surface area contributed by atoms with Gasteiger partial charge in [0.1, 0.15) is 0 Å². The number of benzene rings is 2. The molecule has 5 heteroatoms. The van der Waals surface area contributed by atoms with Crippen molar-refractivity contribution >= 4 is 17.6 Å². The van der Waals surface area contributed by atoms with E-state index in [9.17, 15) is 9.59 Å². The molecular formula is C21H24N2O3. The largest absolute Gasteiger partial charge is 0.478 e. The molecule has 2 aromatic rings. The molecule has 0 spiro atoms. The molecule has 0 aromatic heterocycles. The van der Waals surface area contributed by atoms with Gasteiger partial charge in [-0.1, -0.05) is 12.1 Å². The van der Waals surface area contributed by atoms with Crippen LogP contribution in [-0.4, -0.2) is 48.1 Å². The number of amides is 1. The van der Waals surface area contributed by atoms with Crippen LogP contribution in [0, 0.1) is 20.8 Å². The summed E-state index contributed by atoms with van der Waals surface area (Å²) in [7, 11) is 0. The molecule has 1 N–H and O–H groups in total. The van der Waals surface area contributed by atoms with E-state index < -0.39 is 5.97 Å². The Bertz CT molecular complexity index is 852. The minimum Gasteiger partial charge on any atom is -0.478 e. The number of nitrogens with zero attached hydrogens (tertiary/aromatic N) is 2. The number of carbonyl (C=O) groups excluding carboxylic acids is 1. The lowest BCUT2D eigenvalue weighted by Crippen LogP contribution is -2.49. The number of carboxylic acids is 1. The predicted molar refractivity (Wildman–Crippen MR) is 102 cm³/mol. The highest BCUT2D eigenvalue weighted by atomic mass is 16.4. The van der Waals surface area contributed by atoms with Gasteiger partial charge in [0.15, 0.2) is 0 Å². The highest BCUT2D eigenvalue weighted by Gasteiger charge is 2.23. The summed E-state index contributed by atoms with van der Waals surface area (Å²) in [6, 6.07) is 10.7. The van der Waals surface area contributed by atoms with Gasteiger partial charge in [-0.25, -0.2) is 4.79 Å². The topological polar surface area (TPSA) is 60.9 Å². The molecule has 0 unspecified atom stereocenters. The van der Waals surface area contributed by atoms with Gasteiger partial charge < -0.3 is 14.9 Å². The lowest BCUT2D eigenvalue weighted by atomic mass is 10.0. The van der Waals surface area contributed by atoms with E-state index in [1.807, 2.05) is 0 Å². The van der Waals surface area contributed by atoms with Crippen LogP contribution in [0.2, 0.25) is 0 Å². The summed E-state index contributed by atoms with van der Waals surface area (Å²) in [6.07, 6.45) is 0. The summed E-state index contributed by atoms with van der Waals surface area (Å²) in [4.78, 5) is 27.9. The SMILES string of the molecule is Cc1cc(C)c(N2CCN(C(=O)c3cccc(C(=O)O)c3)CC2)cc1C. The van der Waals surface area contributed by atoms with E-state index in [1.54, 1.807) is 17.0 Å². The normalized spacial score (nSPS) is 14.4. The molecule has 1 aliphatic heterocycles. The highest BCUT2D eigenvalue weighted by molar-refractivity contribution is 5.97. The quantitative estimate of drug-likeness (QED) is 0.921. The lowest BCUT2D eigenvalue weighted by Gasteiger charge is -2.37. The Balaban J connectivity index is 1.70. The Morgan fingerprint density at radius 1 is 0.846 bits per heavy atom. The maximum absolute atomic E-state index is 12.7. The molecule has 5 nitrogen and oxygen atoms in total. The maximum Gasteiger partial charge on any atom is 0.335 e. The predicted octanol–water partition coefficient (Wildman–Crippen LogP) is 3.27. The number of hydrogen-bond donors (Lipinski definition) is 1. The Kier molecular flexibility index (Phi) is 4.98. The van der Waals surface area contributed by atoms with E-state index >= 15 is 0 Å². The third-order valence-corrected chi connectivity index (χ3v) is 5.08. The van der Waals surface area contributed by atoms with Crippen LogP contribution in [-0.2, 0) is 0 Å². The molecular weight excluding hydrogens is 328 g/mol. The van der Waals surface area contributed by atoms with Crippen molar-refractivity contribution in [3.8, 4) is 0 Å². The monoisotopic (exact) mass is 352 g/mol. The molecule has 0 radical (unpaired) electrons. The zero-order valence-corrected chi connectivity index (χ0v) is 15.5. The molecule has 1 aliphatic rings. The molecule has 136 valence electrons. The van der Waals surface area contributed by atoms with Gasteiger partial charge in [-0.3, -0.25) is 4.79 Å².